The molecule has 0 amide bonds. The first kappa shape index (κ1) is 27.5. The predicted octanol–water partition coefficient (Wildman–Crippen LogP) is 6.96. The van der Waals surface area contributed by atoms with Gasteiger partial charge in [-0.3, -0.25) is 4.90 Å². The second kappa shape index (κ2) is 11.3. The van der Waals surface area contributed by atoms with Gasteiger partial charge in [-0.25, -0.2) is 0 Å². The van der Waals surface area contributed by atoms with Crippen LogP contribution in [-0.4, -0.2) is 57.8 Å². The van der Waals surface area contributed by atoms with Crippen LogP contribution < -0.4 is 14.5 Å². The number of anilines is 2. The molecule has 1 aromatic carbocycles. The molecule has 1 aromatic rings. The number of benzene rings is 1. The Hall–Kier alpha value is -1.13. The first-order valence-corrected chi connectivity index (χ1v) is 13.7. The fourth-order valence-electron chi connectivity index (χ4n) is 7.31. The molecule has 0 unspecified atom stereocenters. The zero-order valence-electron chi connectivity index (χ0n) is 22.8. The molecule has 1 saturated carbocycles. The second-order valence-electron chi connectivity index (χ2n) is 12.6. The van der Waals surface area contributed by atoms with Gasteiger partial charge in [0.2, 0.25) is 0 Å². The monoisotopic (exact) mass is 491 g/mol. The van der Waals surface area contributed by atoms with Gasteiger partial charge < -0.3 is 14.5 Å². The van der Waals surface area contributed by atoms with Gasteiger partial charge in [0.1, 0.15) is 5.75 Å². The Morgan fingerprint density at radius 2 is 1.41 bits per heavy atom. The molecule has 2 aliphatic heterocycles. The molecule has 0 atom stereocenters. The maximum Gasteiger partial charge on any atom is 0.144 e. The summed E-state index contributed by atoms with van der Waals surface area (Å²) in [6.07, 6.45) is 9.07. The van der Waals surface area contributed by atoms with Crippen molar-refractivity contribution in [2.45, 2.75) is 85.5 Å². The van der Waals surface area contributed by atoms with Gasteiger partial charge in [0, 0.05) is 51.0 Å². The van der Waals surface area contributed by atoms with Crippen molar-refractivity contribution in [3.05, 3.63) is 17.7 Å². The Balaban J connectivity index is 0.00000324. The minimum Gasteiger partial charge on any atom is -0.495 e. The molecule has 34 heavy (non-hydrogen) atoms. The lowest BCUT2D eigenvalue weighted by Gasteiger charge is -2.47. The van der Waals surface area contributed by atoms with Crippen molar-refractivity contribution in [3.63, 3.8) is 0 Å². The SMILES string of the molecule is CCCN1CCN(c2cc(OC)c(N3CCCCC3)cc2C2CC(C)(C)CC(C)(C)C2)CC1.Cl. The smallest absolute Gasteiger partial charge is 0.144 e. The van der Waals surface area contributed by atoms with E-state index < -0.39 is 0 Å². The highest BCUT2D eigenvalue weighted by Gasteiger charge is 2.40. The van der Waals surface area contributed by atoms with E-state index in [1.54, 1.807) is 5.56 Å². The minimum absolute atomic E-state index is 0. The topological polar surface area (TPSA) is 19.0 Å². The third kappa shape index (κ3) is 6.35. The summed E-state index contributed by atoms with van der Waals surface area (Å²) in [6.45, 7) is 20.4. The number of piperazine rings is 1. The largest absolute Gasteiger partial charge is 0.495 e. The molecule has 4 nitrogen and oxygen atoms in total. The molecular weight excluding hydrogens is 442 g/mol. The Labute approximate surface area is 215 Å². The summed E-state index contributed by atoms with van der Waals surface area (Å²) < 4.78 is 6.04. The summed E-state index contributed by atoms with van der Waals surface area (Å²) in [5, 5.41) is 0. The van der Waals surface area contributed by atoms with E-state index in [9.17, 15) is 0 Å². The Bertz CT molecular complexity index is 779. The number of nitrogens with zero attached hydrogens (tertiary/aromatic N) is 3. The van der Waals surface area contributed by atoms with Crippen LogP contribution in [0.25, 0.3) is 0 Å². The number of hydrogen-bond donors (Lipinski definition) is 0. The summed E-state index contributed by atoms with van der Waals surface area (Å²) in [5.74, 6) is 1.68. The standard InChI is InChI=1S/C29H49N3O.ClH/c1-7-11-30-14-16-32(17-15-30)25-19-27(33-6)26(31-12-9-8-10-13-31)18-24(25)23-20-28(2,3)22-29(4,5)21-23;/h18-19,23H,7-17,20-22H2,1-6H3;1H. The number of hydrogen-bond acceptors (Lipinski definition) is 4. The van der Waals surface area contributed by atoms with E-state index in [2.05, 4.69) is 61.5 Å². The van der Waals surface area contributed by atoms with E-state index in [1.807, 2.05) is 7.11 Å². The summed E-state index contributed by atoms with van der Waals surface area (Å²) in [6, 6.07) is 4.96. The Kier molecular flexibility index (Phi) is 9.12. The molecular formula is C29H50ClN3O. The van der Waals surface area contributed by atoms with Crippen molar-refractivity contribution in [3.8, 4) is 5.75 Å². The highest BCUT2D eigenvalue weighted by molar-refractivity contribution is 5.85. The third-order valence-corrected chi connectivity index (χ3v) is 8.27. The normalized spacial score (nSPS) is 23.5. The average molecular weight is 492 g/mol. The van der Waals surface area contributed by atoms with Crippen molar-refractivity contribution in [2.75, 3.05) is 62.7 Å². The van der Waals surface area contributed by atoms with Crippen LogP contribution in [0.4, 0.5) is 11.4 Å². The van der Waals surface area contributed by atoms with Crippen LogP contribution in [0.3, 0.4) is 0 Å². The number of methoxy groups -OCH3 is 1. The fraction of sp³-hybridized carbons (Fsp3) is 0.793. The molecule has 3 aliphatic rings. The first-order chi connectivity index (χ1) is 15.7. The molecule has 0 bridgehead atoms. The summed E-state index contributed by atoms with van der Waals surface area (Å²) in [4.78, 5) is 7.88. The third-order valence-electron chi connectivity index (χ3n) is 8.27. The van der Waals surface area contributed by atoms with Crippen molar-refractivity contribution in [1.82, 2.24) is 4.90 Å². The quantitative estimate of drug-likeness (QED) is 0.428. The van der Waals surface area contributed by atoms with E-state index in [0.29, 0.717) is 16.7 Å². The molecule has 2 heterocycles. The first-order valence-electron chi connectivity index (χ1n) is 13.7. The molecule has 0 N–H and O–H groups in total. The maximum atomic E-state index is 6.04. The number of piperidine rings is 1. The fourth-order valence-corrected chi connectivity index (χ4v) is 7.31. The summed E-state index contributed by atoms with van der Waals surface area (Å²) in [7, 11) is 1.86. The number of ether oxygens (including phenoxy) is 1. The van der Waals surface area contributed by atoms with Gasteiger partial charge in [0.05, 0.1) is 12.8 Å². The van der Waals surface area contributed by atoms with Gasteiger partial charge in [-0.2, -0.15) is 0 Å². The lowest BCUT2D eigenvalue weighted by molar-refractivity contribution is 0.0970. The van der Waals surface area contributed by atoms with Crippen LogP contribution in [0, 0.1) is 10.8 Å². The zero-order chi connectivity index (χ0) is 23.6. The molecule has 0 aromatic heterocycles. The molecule has 0 radical (unpaired) electrons. The molecule has 3 fully saturated rings. The van der Waals surface area contributed by atoms with Gasteiger partial charge in [0.15, 0.2) is 0 Å². The average Bonchev–Trinajstić information content (AvgIpc) is 2.77. The molecule has 5 heteroatoms. The van der Waals surface area contributed by atoms with E-state index in [0.717, 1.165) is 31.9 Å². The van der Waals surface area contributed by atoms with Crippen LogP contribution in [-0.2, 0) is 0 Å². The van der Waals surface area contributed by atoms with Crippen LogP contribution in [0.5, 0.6) is 5.75 Å². The van der Waals surface area contributed by atoms with E-state index >= 15 is 0 Å². The molecule has 0 spiro atoms. The Morgan fingerprint density at radius 3 is 1.97 bits per heavy atom. The van der Waals surface area contributed by atoms with Gasteiger partial charge in [-0.05, 0) is 79.9 Å². The molecule has 4 rings (SSSR count). The Morgan fingerprint density at radius 1 is 0.824 bits per heavy atom. The second-order valence-corrected chi connectivity index (χ2v) is 12.6. The maximum absolute atomic E-state index is 6.04. The summed E-state index contributed by atoms with van der Waals surface area (Å²) in [5.41, 5.74) is 5.13. The lowest BCUT2D eigenvalue weighted by atomic mass is 9.60. The van der Waals surface area contributed by atoms with Crippen molar-refractivity contribution >= 4 is 23.8 Å². The van der Waals surface area contributed by atoms with Crippen molar-refractivity contribution in [1.29, 1.82) is 0 Å². The van der Waals surface area contributed by atoms with Crippen molar-refractivity contribution in [2.24, 2.45) is 10.8 Å². The lowest BCUT2D eigenvalue weighted by Crippen LogP contribution is -2.47. The highest BCUT2D eigenvalue weighted by atomic mass is 35.5. The van der Waals surface area contributed by atoms with E-state index in [1.165, 1.54) is 76.0 Å². The minimum atomic E-state index is 0. The van der Waals surface area contributed by atoms with Crippen molar-refractivity contribution < 1.29 is 4.74 Å². The zero-order valence-corrected chi connectivity index (χ0v) is 23.6. The molecule has 1 aliphatic carbocycles. The van der Waals surface area contributed by atoms with Gasteiger partial charge in [-0.1, -0.05) is 34.6 Å². The van der Waals surface area contributed by atoms with E-state index in [4.69, 9.17) is 4.74 Å². The number of halogens is 1. The highest BCUT2D eigenvalue weighted by Crippen LogP contribution is 2.54. The van der Waals surface area contributed by atoms with E-state index in [-0.39, 0.29) is 12.4 Å². The van der Waals surface area contributed by atoms with Crippen LogP contribution in [0.15, 0.2) is 12.1 Å². The van der Waals surface area contributed by atoms with Crippen LogP contribution >= 0.6 is 12.4 Å². The predicted molar refractivity (Wildman–Crippen MR) is 149 cm³/mol. The van der Waals surface area contributed by atoms with Gasteiger partial charge in [-0.15, -0.1) is 12.4 Å². The van der Waals surface area contributed by atoms with Crippen LogP contribution in [0.1, 0.15) is 91.0 Å². The molecule has 2 saturated heterocycles. The number of rotatable bonds is 6. The van der Waals surface area contributed by atoms with Gasteiger partial charge >= 0.3 is 0 Å². The summed E-state index contributed by atoms with van der Waals surface area (Å²) >= 11 is 0. The van der Waals surface area contributed by atoms with Gasteiger partial charge in [0.25, 0.3) is 0 Å². The van der Waals surface area contributed by atoms with Crippen LogP contribution in [0.2, 0.25) is 0 Å². The molecule has 194 valence electrons.